The van der Waals surface area contributed by atoms with Crippen molar-refractivity contribution in [1.82, 2.24) is 4.98 Å². The van der Waals surface area contributed by atoms with Gasteiger partial charge in [-0.1, -0.05) is 12.1 Å². The molecule has 112 valence electrons. The van der Waals surface area contributed by atoms with Crippen molar-refractivity contribution in [2.45, 2.75) is 19.4 Å². The highest BCUT2D eigenvalue weighted by molar-refractivity contribution is 5.28. The summed E-state index contributed by atoms with van der Waals surface area (Å²) in [6.07, 6.45) is 5.66. The van der Waals surface area contributed by atoms with E-state index in [9.17, 15) is 0 Å². The van der Waals surface area contributed by atoms with Gasteiger partial charge >= 0.3 is 0 Å². The highest BCUT2D eigenvalue weighted by Crippen LogP contribution is 2.12. The van der Waals surface area contributed by atoms with Crippen LogP contribution in [0.15, 0.2) is 48.8 Å². The lowest BCUT2D eigenvalue weighted by molar-refractivity contribution is 0.0985. The van der Waals surface area contributed by atoms with Crippen molar-refractivity contribution in [3.8, 4) is 5.75 Å². The fourth-order valence-electron chi connectivity index (χ4n) is 2.01. The minimum Gasteiger partial charge on any atom is -0.491 e. The molecule has 1 aromatic heterocycles. The summed E-state index contributed by atoms with van der Waals surface area (Å²) in [4.78, 5) is 4.00. The molecule has 21 heavy (non-hydrogen) atoms. The van der Waals surface area contributed by atoms with E-state index in [1.54, 1.807) is 0 Å². The number of pyridine rings is 1. The van der Waals surface area contributed by atoms with Crippen LogP contribution in [0, 0.1) is 0 Å². The maximum Gasteiger partial charge on any atom is 0.119 e. The Morgan fingerprint density at radius 3 is 2.62 bits per heavy atom. The Kier molecular flexibility index (Phi) is 6.71. The van der Waals surface area contributed by atoms with Crippen molar-refractivity contribution < 1.29 is 9.47 Å². The van der Waals surface area contributed by atoms with Crippen LogP contribution in [-0.2, 0) is 17.7 Å². The maximum atomic E-state index is 5.62. The van der Waals surface area contributed by atoms with Crippen LogP contribution in [0.25, 0.3) is 0 Å². The molecular weight excluding hydrogens is 264 g/mol. The molecule has 0 aliphatic carbocycles. The van der Waals surface area contributed by atoms with Crippen LogP contribution in [0.2, 0.25) is 0 Å². The molecular formula is C17H22N2O2. The third-order valence-corrected chi connectivity index (χ3v) is 3.13. The van der Waals surface area contributed by atoms with Crippen molar-refractivity contribution in [1.29, 1.82) is 0 Å². The molecule has 0 radical (unpaired) electrons. The largest absolute Gasteiger partial charge is 0.491 e. The van der Waals surface area contributed by atoms with Gasteiger partial charge in [-0.15, -0.1) is 0 Å². The number of nitrogens with two attached hydrogens (primary N) is 1. The Morgan fingerprint density at radius 1 is 0.952 bits per heavy atom. The fourth-order valence-corrected chi connectivity index (χ4v) is 2.01. The van der Waals surface area contributed by atoms with Gasteiger partial charge < -0.3 is 15.2 Å². The normalized spacial score (nSPS) is 10.5. The zero-order valence-electron chi connectivity index (χ0n) is 12.2. The highest BCUT2D eigenvalue weighted by Gasteiger charge is 1.96. The Morgan fingerprint density at radius 2 is 1.81 bits per heavy atom. The van der Waals surface area contributed by atoms with E-state index < -0.39 is 0 Å². The van der Waals surface area contributed by atoms with Gasteiger partial charge in [0.05, 0.1) is 6.61 Å². The summed E-state index contributed by atoms with van der Waals surface area (Å²) in [7, 11) is 0. The first kappa shape index (κ1) is 15.5. The lowest BCUT2D eigenvalue weighted by Crippen LogP contribution is -2.08. The van der Waals surface area contributed by atoms with Gasteiger partial charge in [0, 0.05) is 25.5 Å². The van der Waals surface area contributed by atoms with Crippen LogP contribution in [-0.4, -0.2) is 24.8 Å². The second-order valence-corrected chi connectivity index (χ2v) is 4.77. The molecule has 0 spiro atoms. The smallest absolute Gasteiger partial charge is 0.119 e. The third-order valence-electron chi connectivity index (χ3n) is 3.13. The Labute approximate surface area is 125 Å². The van der Waals surface area contributed by atoms with Crippen LogP contribution in [0.1, 0.15) is 17.5 Å². The summed E-state index contributed by atoms with van der Waals surface area (Å²) in [5, 5.41) is 0. The van der Waals surface area contributed by atoms with Crippen molar-refractivity contribution in [3.05, 3.63) is 59.9 Å². The van der Waals surface area contributed by atoms with E-state index in [0.29, 0.717) is 19.8 Å². The predicted molar refractivity (Wildman–Crippen MR) is 83.2 cm³/mol. The van der Waals surface area contributed by atoms with E-state index in [4.69, 9.17) is 15.2 Å². The number of hydrogen-bond donors (Lipinski definition) is 1. The van der Waals surface area contributed by atoms with Crippen LogP contribution < -0.4 is 10.5 Å². The monoisotopic (exact) mass is 286 g/mol. The maximum absolute atomic E-state index is 5.62. The standard InChI is InChI=1S/C17H22N2O2/c18-14-16-3-1-5-17(13-16)21-12-11-20-10-2-4-15-6-8-19-9-7-15/h1,3,5-9,13H,2,4,10-12,14,18H2. The molecule has 0 saturated carbocycles. The Hall–Kier alpha value is -1.91. The lowest BCUT2D eigenvalue weighted by atomic mass is 10.1. The second kappa shape index (κ2) is 9.10. The summed E-state index contributed by atoms with van der Waals surface area (Å²) in [5.41, 5.74) is 7.96. The SMILES string of the molecule is NCc1cccc(OCCOCCCc2ccncc2)c1. The minimum absolute atomic E-state index is 0.530. The van der Waals surface area contributed by atoms with E-state index in [0.717, 1.165) is 30.8 Å². The molecule has 0 unspecified atom stereocenters. The first-order chi connectivity index (χ1) is 10.4. The van der Waals surface area contributed by atoms with Gasteiger partial charge in [0.2, 0.25) is 0 Å². The van der Waals surface area contributed by atoms with Gasteiger partial charge in [-0.3, -0.25) is 4.98 Å². The van der Waals surface area contributed by atoms with Crippen LogP contribution in [0.4, 0.5) is 0 Å². The summed E-state index contributed by atoms with van der Waals surface area (Å²) < 4.78 is 11.2. The van der Waals surface area contributed by atoms with Gasteiger partial charge in [0.15, 0.2) is 0 Å². The topological polar surface area (TPSA) is 57.4 Å². The van der Waals surface area contributed by atoms with E-state index in [2.05, 4.69) is 4.98 Å². The molecule has 1 heterocycles. The van der Waals surface area contributed by atoms with E-state index in [1.807, 2.05) is 48.8 Å². The van der Waals surface area contributed by atoms with E-state index >= 15 is 0 Å². The number of nitrogens with zero attached hydrogens (tertiary/aromatic N) is 1. The van der Waals surface area contributed by atoms with Gasteiger partial charge in [-0.2, -0.15) is 0 Å². The van der Waals surface area contributed by atoms with Crippen molar-refractivity contribution in [2.24, 2.45) is 5.73 Å². The average Bonchev–Trinajstić information content (AvgIpc) is 2.55. The van der Waals surface area contributed by atoms with Crippen molar-refractivity contribution in [2.75, 3.05) is 19.8 Å². The summed E-state index contributed by atoms with van der Waals surface area (Å²) in [6.45, 7) is 2.43. The third kappa shape index (κ3) is 5.94. The number of aryl methyl sites for hydroxylation is 1. The lowest BCUT2D eigenvalue weighted by Gasteiger charge is -2.08. The second-order valence-electron chi connectivity index (χ2n) is 4.77. The van der Waals surface area contributed by atoms with Gasteiger partial charge in [-0.25, -0.2) is 0 Å². The summed E-state index contributed by atoms with van der Waals surface area (Å²) in [6, 6.07) is 11.9. The molecule has 2 rings (SSSR count). The van der Waals surface area contributed by atoms with Crippen LogP contribution >= 0.6 is 0 Å². The first-order valence-corrected chi connectivity index (χ1v) is 7.27. The molecule has 0 amide bonds. The molecule has 2 N–H and O–H groups in total. The van der Waals surface area contributed by atoms with Crippen molar-refractivity contribution in [3.63, 3.8) is 0 Å². The van der Waals surface area contributed by atoms with Crippen molar-refractivity contribution >= 4 is 0 Å². The zero-order valence-corrected chi connectivity index (χ0v) is 12.2. The molecule has 0 aliphatic rings. The van der Waals surface area contributed by atoms with Gasteiger partial charge in [0.1, 0.15) is 12.4 Å². The molecule has 4 heteroatoms. The van der Waals surface area contributed by atoms with E-state index in [-0.39, 0.29) is 0 Å². The number of rotatable bonds is 9. The summed E-state index contributed by atoms with van der Waals surface area (Å²) >= 11 is 0. The molecule has 0 saturated heterocycles. The fraction of sp³-hybridized carbons (Fsp3) is 0.353. The number of benzene rings is 1. The molecule has 0 fully saturated rings. The summed E-state index contributed by atoms with van der Waals surface area (Å²) in [5.74, 6) is 0.846. The van der Waals surface area contributed by atoms with E-state index in [1.165, 1.54) is 5.56 Å². The van der Waals surface area contributed by atoms with Gasteiger partial charge in [-0.05, 0) is 48.2 Å². The first-order valence-electron chi connectivity index (χ1n) is 7.27. The van der Waals surface area contributed by atoms with Crippen LogP contribution in [0.5, 0.6) is 5.75 Å². The Balaban J connectivity index is 1.54. The molecule has 2 aromatic rings. The molecule has 0 bridgehead atoms. The predicted octanol–water partition coefficient (Wildman–Crippen LogP) is 2.57. The number of ether oxygens (including phenoxy) is 2. The Bertz CT molecular complexity index is 517. The number of hydrogen-bond acceptors (Lipinski definition) is 4. The van der Waals surface area contributed by atoms with Crippen LogP contribution in [0.3, 0.4) is 0 Å². The molecule has 1 aromatic carbocycles. The average molecular weight is 286 g/mol. The quantitative estimate of drug-likeness (QED) is 0.720. The molecule has 0 aliphatic heterocycles. The molecule has 4 nitrogen and oxygen atoms in total. The van der Waals surface area contributed by atoms with Gasteiger partial charge in [0.25, 0.3) is 0 Å². The highest BCUT2D eigenvalue weighted by atomic mass is 16.5. The zero-order chi connectivity index (χ0) is 14.8. The number of aromatic nitrogens is 1. The minimum atomic E-state index is 0.530. The molecule has 0 atom stereocenters.